The lowest BCUT2D eigenvalue weighted by molar-refractivity contribution is 0.605. The second-order valence-corrected chi connectivity index (χ2v) is 4.22. The Morgan fingerprint density at radius 1 is 1.57 bits per heavy atom. The van der Waals surface area contributed by atoms with Crippen molar-refractivity contribution in [1.29, 1.82) is 0 Å². The Morgan fingerprint density at radius 2 is 2.43 bits per heavy atom. The molecule has 0 unspecified atom stereocenters. The lowest BCUT2D eigenvalue weighted by Gasteiger charge is -1.99. The summed E-state index contributed by atoms with van der Waals surface area (Å²) in [7, 11) is 0. The minimum atomic E-state index is 0.930. The molecule has 0 bridgehead atoms. The van der Waals surface area contributed by atoms with E-state index in [0.29, 0.717) is 0 Å². The molecular weight excluding hydrogens is 194 g/mol. The van der Waals surface area contributed by atoms with E-state index in [2.05, 4.69) is 29.8 Å². The van der Waals surface area contributed by atoms with Crippen LogP contribution in [0, 0.1) is 0 Å². The molecule has 14 heavy (non-hydrogen) atoms. The van der Waals surface area contributed by atoms with E-state index >= 15 is 0 Å². The van der Waals surface area contributed by atoms with E-state index in [9.17, 15) is 0 Å². The number of aryl methyl sites for hydroxylation is 1. The number of hydrogen-bond acceptors (Lipinski definition) is 3. The summed E-state index contributed by atoms with van der Waals surface area (Å²) < 4.78 is 2.03. The number of rotatable bonds is 7. The van der Waals surface area contributed by atoms with Crippen molar-refractivity contribution in [3.05, 3.63) is 18.0 Å². The van der Waals surface area contributed by atoms with Crippen LogP contribution in [-0.2, 0) is 13.1 Å². The Labute approximate surface area is 90.3 Å². The van der Waals surface area contributed by atoms with Gasteiger partial charge in [0.2, 0.25) is 0 Å². The van der Waals surface area contributed by atoms with Crippen LogP contribution < -0.4 is 5.32 Å². The van der Waals surface area contributed by atoms with E-state index in [1.165, 1.54) is 17.7 Å². The Morgan fingerprint density at radius 3 is 3.14 bits per heavy atom. The molecule has 4 heteroatoms. The number of nitrogens with one attached hydrogen (secondary N) is 1. The molecular formula is C10H19N3S. The molecule has 1 aromatic heterocycles. The third-order valence-corrected chi connectivity index (χ3v) is 2.70. The summed E-state index contributed by atoms with van der Waals surface area (Å²) in [4.78, 5) is 0. The number of aromatic nitrogens is 2. The van der Waals surface area contributed by atoms with Crippen LogP contribution in [0.25, 0.3) is 0 Å². The maximum atomic E-state index is 4.31. The van der Waals surface area contributed by atoms with E-state index in [0.717, 1.165) is 19.6 Å². The zero-order chi connectivity index (χ0) is 10.2. The lowest BCUT2D eigenvalue weighted by Crippen LogP contribution is -2.11. The van der Waals surface area contributed by atoms with E-state index in [1.807, 2.05) is 22.6 Å². The van der Waals surface area contributed by atoms with Crippen LogP contribution in [0.15, 0.2) is 12.4 Å². The molecule has 1 rings (SSSR count). The van der Waals surface area contributed by atoms with Crippen molar-refractivity contribution >= 4 is 11.8 Å². The fraction of sp³-hybridized carbons (Fsp3) is 0.700. The first kappa shape index (κ1) is 11.6. The van der Waals surface area contributed by atoms with Crippen molar-refractivity contribution in [2.24, 2.45) is 0 Å². The van der Waals surface area contributed by atoms with Crippen LogP contribution in [0.3, 0.4) is 0 Å². The summed E-state index contributed by atoms with van der Waals surface area (Å²) in [5.41, 5.74) is 1.27. The summed E-state index contributed by atoms with van der Waals surface area (Å²) in [6, 6.07) is 0. The molecule has 0 saturated carbocycles. The summed E-state index contributed by atoms with van der Waals surface area (Å²) in [6.45, 7) is 5.09. The Balaban J connectivity index is 2.27. The summed E-state index contributed by atoms with van der Waals surface area (Å²) in [5.74, 6) is 1.21. The van der Waals surface area contributed by atoms with Gasteiger partial charge in [-0.25, -0.2) is 0 Å². The monoisotopic (exact) mass is 213 g/mol. The molecule has 0 aliphatic rings. The Kier molecular flexibility index (Phi) is 5.71. The number of hydrogen-bond donors (Lipinski definition) is 1. The standard InChI is InChI=1S/C10H19N3S/c1-3-11-7-10-8-12-13(9-10)5-4-6-14-2/h8-9,11H,3-7H2,1-2H3. The quantitative estimate of drug-likeness (QED) is 0.700. The van der Waals surface area contributed by atoms with Crippen molar-refractivity contribution in [3.8, 4) is 0 Å². The molecule has 0 amide bonds. The Hall–Kier alpha value is -0.480. The third kappa shape index (κ3) is 4.15. The van der Waals surface area contributed by atoms with Crippen LogP contribution in [0.1, 0.15) is 18.9 Å². The minimum Gasteiger partial charge on any atom is -0.313 e. The second-order valence-electron chi connectivity index (χ2n) is 3.24. The summed E-state index contributed by atoms with van der Waals surface area (Å²) in [5, 5.41) is 7.60. The molecule has 0 atom stereocenters. The van der Waals surface area contributed by atoms with E-state index in [4.69, 9.17) is 0 Å². The van der Waals surface area contributed by atoms with Crippen LogP contribution in [0.5, 0.6) is 0 Å². The average Bonchev–Trinajstić information content (AvgIpc) is 2.63. The van der Waals surface area contributed by atoms with Gasteiger partial charge in [-0.15, -0.1) is 0 Å². The van der Waals surface area contributed by atoms with Gasteiger partial charge in [-0.05, 0) is 25.0 Å². The first-order chi connectivity index (χ1) is 6.86. The van der Waals surface area contributed by atoms with Gasteiger partial charge < -0.3 is 5.32 Å². The number of thioether (sulfide) groups is 1. The van der Waals surface area contributed by atoms with Crippen molar-refractivity contribution < 1.29 is 0 Å². The van der Waals surface area contributed by atoms with E-state index < -0.39 is 0 Å². The summed E-state index contributed by atoms with van der Waals surface area (Å²) >= 11 is 1.89. The summed E-state index contributed by atoms with van der Waals surface area (Å²) in [6.07, 6.45) is 7.41. The van der Waals surface area contributed by atoms with Crippen LogP contribution >= 0.6 is 11.8 Å². The highest BCUT2D eigenvalue weighted by molar-refractivity contribution is 7.98. The first-order valence-electron chi connectivity index (χ1n) is 5.07. The van der Waals surface area contributed by atoms with Gasteiger partial charge >= 0.3 is 0 Å². The fourth-order valence-corrected chi connectivity index (χ4v) is 1.68. The van der Waals surface area contributed by atoms with Gasteiger partial charge in [0.05, 0.1) is 6.20 Å². The molecule has 0 radical (unpaired) electrons. The van der Waals surface area contributed by atoms with Crippen molar-refractivity contribution in [3.63, 3.8) is 0 Å². The van der Waals surface area contributed by atoms with Crippen molar-refractivity contribution in [1.82, 2.24) is 15.1 Å². The van der Waals surface area contributed by atoms with Crippen molar-refractivity contribution in [2.45, 2.75) is 26.4 Å². The maximum absolute atomic E-state index is 4.31. The minimum absolute atomic E-state index is 0.930. The van der Waals surface area contributed by atoms with Gasteiger partial charge in [0.25, 0.3) is 0 Å². The predicted molar refractivity (Wildman–Crippen MR) is 62.6 cm³/mol. The van der Waals surface area contributed by atoms with Crippen LogP contribution in [-0.4, -0.2) is 28.3 Å². The van der Waals surface area contributed by atoms with Gasteiger partial charge in [0.15, 0.2) is 0 Å². The largest absolute Gasteiger partial charge is 0.313 e. The molecule has 0 saturated heterocycles. The van der Waals surface area contributed by atoms with Gasteiger partial charge in [-0.2, -0.15) is 16.9 Å². The first-order valence-corrected chi connectivity index (χ1v) is 6.47. The molecule has 80 valence electrons. The van der Waals surface area contributed by atoms with Gasteiger partial charge in [-0.3, -0.25) is 4.68 Å². The highest BCUT2D eigenvalue weighted by atomic mass is 32.2. The van der Waals surface area contributed by atoms with E-state index in [1.54, 1.807) is 0 Å². The second kappa shape index (κ2) is 6.90. The van der Waals surface area contributed by atoms with Gasteiger partial charge in [0.1, 0.15) is 0 Å². The van der Waals surface area contributed by atoms with Crippen LogP contribution in [0.4, 0.5) is 0 Å². The molecule has 0 spiro atoms. The molecule has 1 heterocycles. The molecule has 0 aliphatic heterocycles. The SMILES string of the molecule is CCNCc1cnn(CCCSC)c1. The topological polar surface area (TPSA) is 29.9 Å². The van der Waals surface area contributed by atoms with Crippen molar-refractivity contribution in [2.75, 3.05) is 18.6 Å². The zero-order valence-corrected chi connectivity index (χ0v) is 9.81. The molecule has 0 fully saturated rings. The number of nitrogens with zero attached hydrogens (tertiary/aromatic N) is 2. The average molecular weight is 213 g/mol. The lowest BCUT2D eigenvalue weighted by atomic mass is 10.3. The molecule has 0 aliphatic carbocycles. The molecule has 1 aromatic rings. The maximum Gasteiger partial charge on any atom is 0.0534 e. The van der Waals surface area contributed by atoms with Crippen LogP contribution in [0.2, 0.25) is 0 Å². The Bertz CT molecular complexity index is 247. The highest BCUT2D eigenvalue weighted by Crippen LogP contribution is 2.01. The molecule has 3 nitrogen and oxygen atoms in total. The smallest absolute Gasteiger partial charge is 0.0534 e. The van der Waals surface area contributed by atoms with Gasteiger partial charge in [0, 0.05) is 24.8 Å². The van der Waals surface area contributed by atoms with Gasteiger partial charge in [-0.1, -0.05) is 6.92 Å². The zero-order valence-electron chi connectivity index (χ0n) is 8.99. The highest BCUT2D eigenvalue weighted by Gasteiger charge is 1.97. The third-order valence-electron chi connectivity index (χ3n) is 2.00. The fourth-order valence-electron chi connectivity index (χ4n) is 1.26. The predicted octanol–water partition coefficient (Wildman–Crippen LogP) is 1.75. The van der Waals surface area contributed by atoms with E-state index in [-0.39, 0.29) is 0 Å². The molecule has 0 aromatic carbocycles. The normalized spacial score (nSPS) is 10.7. The molecule has 1 N–H and O–H groups in total.